The smallest absolute Gasteiger partial charge is 0.260 e. The fourth-order valence-electron chi connectivity index (χ4n) is 0.852. The molecule has 1 amide bonds. The van der Waals surface area contributed by atoms with Crippen LogP contribution in [0.2, 0.25) is 0 Å². The molecule has 1 atom stereocenters. The Bertz CT molecular complexity index is 175. The van der Waals surface area contributed by atoms with Gasteiger partial charge in [0.1, 0.15) is 6.61 Å². The van der Waals surface area contributed by atoms with Crippen LogP contribution in [0.15, 0.2) is 0 Å². The summed E-state index contributed by atoms with van der Waals surface area (Å²) in [4.78, 5) is 25.3. The summed E-state index contributed by atoms with van der Waals surface area (Å²) in [5.74, 6) is -0.433. The van der Waals surface area contributed by atoms with Crippen molar-refractivity contribution < 1.29 is 14.4 Å². The highest BCUT2D eigenvalue weighted by atomic mass is 16.7. The van der Waals surface area contributed by atoms with E-state index in [1.54, 1.807) is 0 Å². The minimum absolute atomic E-state index is 0.290. The molecule has 6 heteroatoms. The predicted octanol–water partition coefficient (Wildman–Crippen LogP) is -1.40. The Hall–Kier alpha value is -0.980. The standard InChI is InChI=1S/C8H16N3O3/c9-4-2-1-3-7(10)8(13)11-14-6-5-12/h7H,1-4,6,9-10H2,(H,11,13)/t7-/m0/s1. The van der Waals surface area contributed by atoms with Crippen LogP contribution in [-0.2, 0) is 14.4 Å². The molecule has 0 saturated carbocycles. The van der Waals surface area contributed by atoms with Gasteiger partial charge in [-0.25, -0.2) is 5.48 Å². The number of carbonyl (C=O) groups is 1. The van der Waals surface area contributed by atoms with Gasteiger partial charge in [0.15, 0.2) is 0 Å². The zero-order valence-corrected chi connectivity index (χ0v) is 7.99. The van der Waals surface area contributed by atoms with Crippen LogP contribution in [0.3, 0.4) is 0 Å². The number of unbranched alkanes of at least 4 members (excludes halogenated alkanes) is 1. The van der Waals surface area contributed by atoms with Crippen LogP contribution in [0.5, 0.6) is 0 Å². The Labute approximate surface area is 82.9 Å². The van der Waals surface area contributed by atoms with Crippen molar-refractivity contribution in [3.05, 3.63) is 0 Å². The van der Waals surface area contributed by atoms with Gasteiger partial charge in [-0.2, -0.15) is 0 Å². The van der Waals surface area contributed by atoms with Gasteiger partial charge in [0.25, 0.3) is 5.91 Å². The van der Waals surface area contributed by atoms with Gasteiger partial charge in [-0.1, -0.05) is 6.42 Å². The third-order valence-electron chi connectivity index (χ3n) is 1.61. The Morgan fingerprint density at radius 2 is 2.21 bits per heavy atom. The highest BCUT2D eigenvalue weighted by Gasteiger charge is 2.12. The number of nitrogens with one attached hydrogen (secondary N) is 1. The first kappa shape index (κ1) is 13.0. The number of hydroxylamine groups is 1. The van der Waals surface area contributed by atoms with Crippen molar-refractivity contribution in [2.24, 2.45) is 11.5 Å². The molecule has 0 aliphatic carbocycles. The van der Waals surface area contributed by atoms with Gasteiger partial charge >= 0.3 is 0 Å². The van der Waals surface area contributed by atoms with E-state index in [4.69, 9.17) is 11.5 Å². The maximum atomic E-state index is 11.1. The molecule has 0 spiro atoms. The minimum atomic E-state index is -0.617. The van der Waals surface area contributed by atoms with Gasteiger partial charge in [0.05, 0.1) is 6.04 Å². The molecule has 0 saturated heterocycles. The van der Waals surface area contributed by atoms with Crippen LogP contribution in [0.25, 0.3) is 0 Å². The molecule has 0 heterocycles. The molecule has 0 aromatic rings. The van der Waals surface area contributed by atoms with Gasteiger partial charge in [0, 0.05) is 0 Å². The number of amides is 1. The van der Waals surface area contributed by atoms with E-state index in [0.717, 1.165) is 12.8 Å². The van der Waals surface area contributed by atoms with Crippen molar-refractivity contribution in [3.8, 4) is 0 Å². The summed E-state index contributed by atoms with van der Waals surface area (Å²) in [6.07, 6.45) is 3.66. The lowest BCUT2D eigenvalue weighted by Gasteiger charge is -2.10. The molecule has 0 aromatic carbocycles. The van der Waals surface area contributed by atoms with Gasteiger partial charge in [0.2, 0.25) is 6.29 Å². The average Bonchev–Trinajstić information content (AvgIpc) is 2.18. The van der Waals surface area contributed by atoms with E-state index >= 15 is 0 Å². The highest BCUT2D eigenvalue weighted by Crippen LogP contribution is 1.97. The number of carbonyl (C=O) groups excluding carboxylic acids is 2. The van der Waals surface area contributed by atoms with E-state index in [2.05, 4.69) is 10.3 Å². The average molecular weight is 202 g/mol. The van der Waals surface area contributed by atoms with Crippen LogP contribution in [0.4, 0.5) is 0 Å². The molecule has 14 heavy (non-hydrogen) atoms. The molecule has 0 aliphatic rings. The maximum absolute atomic E-state index is 11.1. The van der Waals surface area contributed by atoms with Crippen molar-refractivity contribution in [3.63, 3.8) is 0 Å². The van der Waals surface area contributed by atoms with Crippen molar-refractivity contribution in [2.75, 3.05) is 13.2 Å². The molecular formula is C8H16N3O3. The van der Waals surface area contributed by atoms with Gasteiger partial charge < -0.3 is 11.5 Å². The number of hydrogen-bond acceptors (Lipinski definition) is 5. The Morgan fingerprint density at radius 1 is 1.50 bits per heavy atom. The van der Waals surface area contributed by atoms with E-state index < -0.39 is 11.9 Å². The SMILES string of the molecule is NCCCC[C@H](N)C(=O)NOC[C]=O. The van der Waals surface area contributed by atoms with Crippen LogP contribution < -0.4 is 16.9 Å². The largest absolute Gasteiger partial charge is 0.330 e. The summed E-state index contributed by atoms with van der Waals surface area (Å²) in [6.45, 7) is 0.298. The normalized spacial score (nSPS) is 12.1. The predicted molar refractivity (Wildman–Crippen MR) is 50.7 cm³/mol. The molecule has 0 rings (SSSR count). The lowest BCUT2D eigenvalue weighted by molar-refractivity contribution is -0.133. The first-order valence-corrected chi connectivity index (χ1v) is 4.44. The number of nitrogens with two attached hydrogens (primary N) is 2. The van der Waals surface area contributed by atoms with Crippen molar-refractivity contribution >= 4 is 12.2 Å². The van der Waals surface area contributed by atoms with Crippen LogP contribution in [0, 0.1) is 0 Å². The summed E-state index contributed by atoms with van der Waals surface area (Å²) >= 11 is 0. The topological polar surface area (TPSA) is 107 Å². The van der Waals surface area contributed by atoms with E-state index in [0.29, 0.717) is 13.0 Å². The Kier molecular flexibility index (Phi) is 8.01. The molecule has 0 fully saturated rings. The third kappa shape index (κ3) is 6.53. The fraction of sp³-hybridized carbons (Fsp3) is 0.750. The minimum Gasteiger partial charge on any atom is -0.330 e. The zero-order chi connectivity index (χ0) is 10.8. The fourth-order valence-corrected chi connectivity index (χ4v) is 0.852. The first-order valence-electron chi connectivity index (χ1n) is 4.44. The van der Waals surface area contributed by atoms with Gasteiger partial charge in [-0.15, -0.1) is 0 Å². The van der Waals surface area contributed by atoms with Crippen LogP contribution in [-0.4, -0.2) is 31.4 Å². The molecule has 5 N–H and O–H groups in total. The van der Waals surface area contributed by atoms with Crippen molar-refractivity contribution in [1.29, 1.82) is 0 Å². The van der Waals surface area contributed by atoms with Gasteiger partial charge in [-0.3, -0.25) is 14.4 Å². The summed E-state index contributed by atoms with van der Waals surface area (Å²) in [6, 6.07) is -0.617. The molecule has 1 radical (unpaired) electrons. The monoisotopic (exact) mass is 202 g/mol. The summed E-state index contributed by atoms with van der Waals surface area (Å²) in [7, 11) is 0. The van der Waals surface area contributed by atoms with Gasteiger partial charge in [-0.05, 0) is 19.4 Å². The molecule has 0 bridgehead atoms. The lowest BCUT2D eigenvalue weighted by Crippen LogP contribution is -2.40. The van der Waals surface area contributed by atoms with Crippen molar-refractivity contribution in [2.45, 2.75) is 25.3 Å². The van der Waals surface area contributed by atoms with E-state index in [1.807, 2.05) is 0 Å². The zero-order valence-electron chi connectivity index (χ0n) is 7.99. The number of rotatable bonds is 8. The Morgan fingerprint density at radius 3 is 2.79 bits per heavy atom. The third-order valence-corrected chi connectivity index (χ3v) is 1.61. The molecular weight excluding hydrogens is 186 g/mol. The highest BCUT2D eigenvalue weighted by molar-refractivity contribution is 5.80. The second-order valence-electron chi connectivity index (χ2n) is 2.79. The molecule has 81 valence electrons. The maximum Gasteiger partial charge on any atom is 0.260 e. The lowest BCUT2D eigenvalue weighted by atomic mass is 10.1. The summed E-state index contributed by atoms with van der Waals surface area (Å²) < 4.78 is 0. The second-order valence-corrected chi connectivity index (χ2v) is 2.79. The quantitative estimate of drug-likeness (QED) is 0.331. The Balaban J connectivity index is 3.49. The van der Waals surface area contributed by atoms with E-state index in [-0.39, 0.29) is 6.61 Å². The number of hydrogen-bond donors (Lipinski definition) is 3. The van der Waals surface area contributed by atoms with E-state index in [1.165, 1.54) is 6.29 Å². The van der Waals surface area contributed by atoms with Crippen molar-refractivity contribution in [1.82, 2.24) is 5.48 Å². The first-order chi connectivity index (χ1) is 6.72. The second kappa shape index (κ2) is 8.61. The van der Waals surface area contributed by atoms with Crippen LogP contribution in [0.1, 0.15) is 19.3 Å². The van der Waals surface area contributed by atoms with E-state index in [9.17, 15) is 9.59 Å². The molecule has 0 aliphatic heterocycles. The molecule has 0 unspecified atom stereocenters. The van der Waals surface area contributed by atoms with Crippen LogP contribution >= 0.6 is 0 Å². The molecule has 0 aromatic heterocycles. The summed E-state index contributed by atoms with van der Waals surface area (Å²) in [5, 5.41) is 0. The summed E-state index contributed by atoms with van der Waals surface area (Å²) in [5.41, 5.74) is 12.8. The molecule has 6 nitrogen and oxygen atoms in total.